The number of nitrogen functional groups attached to an aromatic ring is 1. The van der Waals surface area contributed by atoms with Crippen LogP contribution in [-0.2, 0) is 11.3 Å². The number of carboxylic acid groups (broad SMARTS) is 1. The number of carboxylic acids is 1. The van der Waals surface area contributed by atoms with Crippen molar-refractivity contribution in [3.63, 3.8) is 0 Å². The fraction of sp³-hybridized carbons (Fsp3) is 0.182. The zero-order valence-corrected chi connectivity index (χ0v) is 16.8. The molecule has 0 radical (unpaired) electrons. The van der Waals surface area contributed by atoms with E-state index in [0.717, 1.165) is 11.3 Å². The predicted octanol–water partition coefficient (Wildman–Crippen LogP) is 1.35. The molecule has 1 unspecified atom stereocenters. The Morgan fingerprint density at radius 1 is 1.29 bits per heavy atom. The number of benzene rings is 2. The molecule has 0 bridgehead atoms. The van der Waals surface area contributed by atoms with Gasteiger partial charge in [-0.3, -0.25) is 19.4 Å². The molecular formula is C22H21N5O4. The van der Waals surface area contributed by atoms with Gasteiger partial charge in [-0.05, 0) is 48.9 Å². The number of nitrogens with zero attached hydrogens (tertiary/aromatic N) is 2. The van der Waals surface area contributed by atoms with Gasteiger partial charge in [0.05, 0.1) is 17.4 Å². The monoisotopic (exact) mass is 419 g/mol. The number of aliphatic carboxylic acids is 1. The third-order valence-electron chi connectivity index (χ3n) is 4.66. The van der Waals surface area contributed by atoms with E-state index in [1.165, 1.54) is 6.92 Å². The summed E-state index contributed by atoms with van der Waals surface area (Å²) >= 11 is 0. The van der Waals surface area contributed by atoms with Crippen molar-refractivity contribution >= 4 is 34.4 Å². The van der Waals surface area contributed by atoms with Crippen LogP contribution in [0, 0.1) is 12.3 Å². The molecule has 0 aliphatic carbocycles. The average Bonchev–Trinajstić information content (AvgIpc) is 2.73. The molecule has 1 heterocycles. The number of terminal acetylenes is 1. The molecule has 158 valence electrons. The summed E-state index contributed by atoms with van der Waals surface area (Å²) in [6.45, 7) is 2.11. The highest BCUT2D eigenvalue weighted by Crippen LogP contribution is 2.20. The molecule has 2 aromatic carbocycles. The Morgan fingerprint density at radius 3 is 2.65 bits per heavy atom. The van der Waals surface area contributed by atoms with Crippen molar-refractivity contribution in [1.29, 1.82) is 0 Å². The minimum Gasteiger partial charge on any atom is -0.480 e. The van der Waals surface area contributed by atoms with Crippen molar-refractivity contribution in [2.24, 2.45) is 0 Å². The first-order valence-electron chi connectivity index (χ1n) is 9.39. The van der Waals surface area contributed by atoms with Crippen molar-refractivity contribution in [3.8, 4) is 12.3 Å². The van der Waals surface area contributed by atoms with Gasteiger partial charge in [-0.2, -0.15) is 0 Å². The molecule has 31 heavy (non-hydrogen) atoms. The maximum Gasteiger partial charge on any atom is 0.325 e. The molecule has 1 amide bonds. The molecule has 9 nitrogen and oxygen atoms in total. The topological polar surface area (TPSA) is 141 Å². The summed E-state index contributed by atoms with van der Waals surface area (Å²) in [6, 6.07) is 11.0. The maximum absolute atomic E-state index is 12.2. The molecule has 5 N–H and O–H groups in total. The summed E-state index contributed by atoms with van der Waals surface area (Å²) in [5, 5.41) is 11.7. The average molecular weight is 419 g/mol. The van der Waals surface area contributed by atoms with Gasteiger partial charge in [0.1, 0.15) is 6.04 Å². The highest BCUT2D eigenvalue weighted by Gasteiger charge is 2.16. The van der Waals surface area contributed by atoms with Crippen LogP contribution in [0.15, 0.2) is 47.3 Å². The largest absolute Gasteiger partial charge is 0.480 e. The smallest absolute Gasteiger partial charge is 0.325 e. The van der Waals surface area contributed by atoms with Crippen LogP contribution in [0.3, 0.4) is 0 Å². The van der Waals surface area contributed by atoms with Crippen LogP contribution in [0.4, 0.5) is 11.6 Å². The van der Waals surface area contributed by atoms with E-state index in [9.17, 15) is 14.4 Å². The molecule has 0 aliphatic rings. The van der Waals surface area contributed by atoms with E-state index in [1.54, 1.807) is 36.4 Å². The van der Waals surface area contributed by atoms with E-state index >= 15 is 0 Å². The summed E-state index contributed by atoms with van der Waals surface area (Å²) in [4.78, 5) is 43.7. The summed E-state index contributed by atoms with van der Waals surface area (Å²) in [5.41, 5.74) is 7.70. The Bertz CT molecular complexity index is 1230. The van der Waals surface area contributed by atoms with E-state index in [0.29, 0.717) is 29.6 Å². The molecule has 0 spiro atoms. The van der Waals surface area contributed by atoms with Crippen LogP contribution >= 0.6 is 0 Å². The Hall–Kier alpha value is -4.32. The minimum atomic E-state index is -1.11. The van der Waals surface area contributed by atoms with Gasteiger partial charge in [0, 0.05) is 17.8 Å². The van der Waals surface area contributed by atoms with Crippen molar-refractivity contribution < 1.29 is 14.7 Å². The number of nitrogens with two attached hydrogens (primary N) is 1. The van der Waals surface area contributed by atoms with E-state index in [2.05, 4.69) is 21.2 Å². The number of H-pyrrole nitrogens is 1. The van der Waals surface area contributed by atoms with E-state index in [-0.39, 0.29) is 11.5 Å². The lowest BCUT2D eigenvalue weighted by Crippen LogP contribution is -2.38. The predicted molar refractivity (Wildman–Crippen MR) is 118 cm³/mol. The Labute approximate surface area is 177 Å². The molecule has 3 rings (SSSR count). The molecule has 3 aromatic rings. The number of amides is 1. The van der Waals surface area contributed by atoms with Gasteiger partial charge in [0.25, 0.3) is 11.5 Å². The lowest BCUT2D eigenvalue weighted by molar-refractivity contribution is -0.138. The third kappa shape index (κ3) is 5.00. The minimum absolute atomic E-state index is 0.0566. The number of aromatic amines is 1. The normalized spacial score (nSPS) is 11.5. The van der Waals surface area contributed by atoms with Gasteiger partial charge in [-0.25, -0.2) is 4.98 Å². The summed E-state index contributed by atoms with van der Waals surface area (Å²) in [5.74, 6) is 1.06. The number of carbonyl (C=O) groups is 2. The maximum atomic E-state index is 12.2. The van der Waals surface area contributed by atoms with Crippen molar-refractivity contribution in [3.05, 3.63) is 63.9 Å². The zero-order valence-electron chi connectivity index (χ0n) is 16.8. The van der Waals surface area contributed by atoms with E-state index in [1.807, 2.05) is 11.0 Å². The number of anilines is 2. The van der Waals surface area contributed by atoms with Crippen LogP contribution < -0.4 is 21.5 Å². The number of aromatic nitrogens is 2. The first-order chi connectivity index (χ1) is 14.8. The summed E-state index contributed by atoms with van der Waals surface area (Å²) < 4.78 is 0. The molecule has 1 atom stereocenters. The van der Waals surface area contributed by atoms with Crippen molar-refractivity contribution in [2.45, 2.75) is 19.5 Å². The zero-order chi connectivity index (χ0) is 22.5. The number of hydrogen-bond donors (Lipinski definition) is 4. The Morgan fingerprint density at radius 2 is 2.00 bits per heavy atom. The molecule has 9 heteroatoms. The summed E-state index contributed by atoms with van der Waals surface area (Å²) in [7, 11) is 0. The molecule has 0 saturated carbocycles. The summed E-state index contributed by atoms with van der Waals surface area (Å²) in [6.07, 6.45) is 5.52. The van der Waals surface area contributed by atoms with Crippen LogP contribution in [0.5, 0.6) is 0 Å². The van der Waals surface area contributed by atoms with Gasteiger partial charge in [-0.15, -0.1) is 6.42 Å². The Balaban J connectivity index is 1.82. The van der Waals surface area contributed by atoms with Crippen LogP contribution in [0.2, 0.25) is 0 Å². The molecular weight excluding hydrogens is 398 g/mol. The highest BCUT2D eigenvalue weighted by molar-refractivity contribution is 5.96. The molecule has 1 aromatic heterocycles. The lowest BCUT2D eigenvalue weighted by atomic mass is 10.1. The van der Waals surface area contributed by atoms with Gasteiger partial charge >= 0.3 is 5.97 Å². The third-order valence-corrected chi connectivity index (χ3v) is 4.66. The van der Waals surface area contributed by atoms with Crippen LogP contribution in [0.1, 0.15) is 22.8 Å². The molecule has 0 aliphatic heterocycles. The van der Waals surface area contributed by atoms with E-state index in [4.69, 9.17) is 17.3 Å². The second-order valence-electron chi connectivity index (χ2n) is 6.94. The first kappa shape index (κ1) is 21.4. The first-order valence-corrected chi connectivity index (χ1v) is 9.39. The van der Waals surface area contributed by atoms with Gasteiger partial charge in [0.15, 0.2) is 0 Å². The number of nitrogens with one attached hydrogen (secondary N) is 2. The van der Waals surface area contributed by atoms with Crippen molar-refractivity contribution in [2.75, 3.05) is 17.2 Å². The number of rotatable bonds is 7. The fourth-order valence-electron chi connectivity index (χ4n) is 3.04. The van der Waals surface area contributed by atoms with Crippen LogP contribution in [0.25, 0.3) is 10.9 Å². The second kappa shape index (κ2) is 9.00. The lowest BCUT2D eigenvalue weighted by Gasteiger charge is -2.23. The molecule has 0 saturated heterocycles. The van der Waals surface area contributed by atoms with Gasteiger partial charge in [0.2, 0.25) is 5.95 Å². The fourth-order valence-corrected chi connectivity index (χ4v) is 3.04. The standard InChI is InChI=1S/C22H21N5O4/c1-3-10-27(12-14-4-9-18-17(11-14)20(29)26-22(23)25-18)16-7-5-15(6-8-16)19(28)24-13(2)21(30)31/h1,4-9,11,13H,10,12H2,2H3,(H,24,28)(H,30,31)(H3,23,25,26,29). The number of fused-ring (bicyclic) bond motifs is 1. The van der Waals surface area contributed by atoms with Crippen molar-refractivity contribution in [1.82, 2.24) is 15.3 Å². The van der Waals surface area contributed by atoms with Gasteiger partial charge in [-0.1, -0.05) is 12.0 Å². The van der Waals surface area contributed by atoms with Crippen LogP contribution in [-0.4, -0.2) is 39.5 Å². The quantitative estimate of drug-likeness (QED) is 0.424. The highest BCUT2D eigenvalue weighted by atomic mass is 16.4. The molecule has 0 fully saturated rings. The van der Waals surface area contributed by atoms with E-state index < -0.39 is 17.9 Å². The second-order valence-corrected chi connectivity index (χ2v) is 6.94. The SMILES string of the molecule is C#CCN(Cc1ccc2nc(N)[nH]c(=O)c2c1)c1ccc(C(=O)NC(C)C(=O)O)cc1. The Kier molecular flexibility index (Phi) is 6.21. The number of carbonyl (C=O) groups excluding carboxylic acids is 1. The van der Waals surface area contributed by atoms with Gasteiger partial charge < -0.3 is 21.1 Å². The number of hydrogen-bond acceptors (Lipinski definition) is 6.